The summed E-state index contributed by atoms with van der Waals surface area (Å²) in [4.78, 5) is 2.49. The van der Waals surface area contributed by atoms with Gasteiger partial charge in [-0.25, -0.2) is 0 Å². The molecule has 1 aromatic rings. The van der Waals surface area contributed by atoms with Crippen LogP contribution in [0.25, 0.3) is 0 Å². The summed E-state index contributed by atoms with van der Waals surface area (Å²) in [6, 6.07) is 6.31. The highest BCUT2D eigenvalue weighted by atomic mass is 16.3. The number of hydrogen-bond acceptors (Lipinski definition) is 2. The summed E-state index contributed by atoms with van der Waals surface area (Å²) in [5.74, 6) is 0. The van der Waals surface area contributed by atoms with E-state index in [0.717, 1.165) is 44.5 Å². The third-order valence-electron chi connectivity index (χ3n) is 4.55. The van der Waals surface area contributed by atoms with Crippen LogP contribution in [0, 0.1) is 13.8 Å². The van der Waals surface area contributed by atoms with Gasteiger partial charge in [0.2, 0.25) is 0 Å². The summed E-state index contributed by atoms with van der Waals surface area (Å²) < 4.78 is 0. The summed E-state index contributed by atoms with van der Waals surface area (Å²) in [6.07, 6.45) is 4.03. The molecular weight excluding hydrogens is 234 g/mol. The first-order chi connectivity index (χ1) is 9.07. The Kier molecular flexibility index (Phi) is 4.64. The van der Waals surface area contributed by atoms with E-state index >= 15 is 0 Å². The molecule has 1 fully saturated rings. The lowest BCUT2D eigenvalue weighted by atomic mass is 9.83. The summed E-state index contributed by atoms with van der Waals surface area (Å²) >= 11 is 0. The van der Waals surface area contributed by atoms with Crippen LogP contribution in [0.2, 0.25) is 0 Å². The van der Waals surface area contributed by atoms with Crippen LogP contribution in [-0.4, -0.2) is 29.6 Å². The molecule has 1 aliphatic rings. The standard InChI is InChI=1S/C17H27NO/c1-4-11-18-12-6-9-17(19,10-13-18)16-8-5-7-14(2)15(16)3/h5,7-8,19H,4,6,9-13H2,1-3H3. The van der Waals surface area contributed by atoms with Gasteiger partial charge in [-0.3, -0.25) is 0 Å². The van der Waals surface area contributed by atoms with Crippen LogP contribution in [0.3, 0.4) is 0 Å². The maximum absolute atomic E-state index is 11.1. The highest BCUT2D eigenvalue weighted by Gasteiger charge is 2.33. The van der Waals surface area contributed by atoms with Crippen LogP contribution >= 0.6 is 0 Å². The van der Waals surface area contributed by atoms with Crippen molar-refractivity contribution in [2.75, 3.05) is 19.6 Å². The molecule has 1 unspecified atom stereocenters. The van der Waals surface area contributed by atoms with Gasteiger partial charge in [-0.05, 0) is 69.3 Å². The van der Waals surface area contributed by atoms with Crippen LogP contribution in [0.15, 0.2) is 18.2 Å². The Labute approximate surface area is 117 Å². The Bertz CT molecular complexity index is 429. The molecule has 2 heteroatoms. The molecule has 1 aromatic carbocycles. The summed E-state index contributed by atoms with van der Waals surface area (Å²) in [5, 5.41) is 11.1. The molecule has 1 N–H and O–H groups in total. The number of likely N-dealkylation sites (tertiary alicyclic amines) is 1. The van der Waals surface area contributed by atoms with Crippen molar-refractivity contribution in [1.82, 2.24) is 4.90 Å². The zero-order valence-electron chi connectivity index (χ0n) is 12.6. The molecule has 0 saturated carbocycles. The van der Waals surface area contributed by atoms with Gasteiger partial charge in [-0.1, -0.05) is 25.1 Å². The topological polar surface area (TPSA) is 23.5 Å². The lowest BCUT2D eigenvalue weighted by Gasteiger charge is -2.29. The second-order valence-corrected chi connectivity index (χ2v) is 5.97. The predicted octanol–water partition coefficient (Wildman–Crippen LogP) is 3.39. The molecule has 2 rings (SSSR count). The minimum atomic E-state index is -0.626. The molecular formula is C17H27NO. The van der Waals surface area contributed by atoms with E-state index in [1.165, 1.54) is 17.5 Å². The Morgan fingerprint density at radius 2 is 2.00 bits per heavy atom. The molecule has 1 saturated heterocycles. The molecule has 0 spiro atoms. The Hall–Kier alpha value is -0.860. The number of benzene rings is 1. The fourth-order valence-corrected chi connectivity index (χ4v) is 3.24. The van der Waals surface area contributed by atoms with Crippen molar-refractivity contribution >= 4 is 0 Å². The predicted molar refractivity (Wildman–Crippen MR) is 80.4 cm³/mol. The molecule has 1 aliphatic heterocycles. The molecule has 0 aliphatic carbocycles. The zero-order chi connectivity index (χ0) is 13.9. The van der Waals surface area contributed by atoms with Gasteiger partial charge in [0, 0.05) is 6.54 Å². The lowest BCUT2D eigenvalue weighted by Crippen LogP contribution is -2.30. The molecule has 1 heterocycles. The maximum Gasteiger partial charge on any atom is 0.0911 e. The first kappa shape index (κ1) is 14.5. The van der Waals surface area contributed by atoms with Gasteiger partial charge < -0.3 is 10.0 Å². The second-order valence-electron chi connectivity index (χ2n) is 5.97. The van der Waals surface area contributed by atoms with Crippen LogP contribution in [0.1, 0.15) is 49.3 Å². The van der Waals surface area contributed by atoms with Crippen molar-refractivity contribution < 1.29 is 5.11 Å². The monoisotopic (exact) mass is 261 g/mol. The highest BCUT2D eigenvalue weighted by Crippen LogP contribution is 2.35. The second kappa shape index (κ2) is 6.06. The molecule has 2 nitrogen and oxygen atoms in total. The van der Waals surface area contributed by atoms with Gasteiger partial charge in [0.25, 0.3) is 0 Å². The molecule has 19 heavy (non-hydrogen) atoms. The van der Waals surface area contributed by atoms with Crippen LogP contribution in [0.4, 0.5) is 0 Å². The molecule has 0 radical (unpaired) electrons. The van der Waals surface area contributed by atoms with Crippen LogP contribution in [0.5, 0.6) is 0 Å². The number of nitrogens with zero attached hydrogens (tertiary/aromatic N) is 1. The third kappa shape index (κ3) is 3.18. The highest BCUT2D eigenvalue weighted by molar-refractivity contribution is 5.37. The van der Waals surface area contributed by atoms with E-state index in [-0.39, 0.29) is 0 Å². The van der Waals surface area contributed by atoms with E-state index in [0.29, 0.717) is 0 Å². The normalized spacial score (nSPS) is 25.3. The fourth-order valence-electron chi connectivity index (χ4n) is 3.24. The van der Waals surface area contributed by atoms with Gasteiger partial charge in [-0.15, -0.1) is 0 Å². The fraction of sp³-hybridized carbons (Fsp3) is 0.647. The van der Waals surface area contributed by atoms with Gasteiger partial charge in [0.1, 0.15) is 0 Å². The van der Waals surface area contributed by atoms with E-state index in [1.807, 2.05) is 0 Å². The average Bonchev–Trinajstić information content (AvgIpc) is 2.57. The van der Waals surface area contributed by atoms with E-state index in [2.05, 4.69) is 43.9 Å². The average molecular weight is 261 g/mol. The lowest BCUT2D eigenvalue weighted by molar-refractivity contribution is 0.0206. The SMILES string of the molecule is CCCN1CCCC(O)(c2cccc(C)c2C)CC1. The van der Waals surface area contributed by atoms with E-state index in [1.54, 1.807) is 0 Å². The van der Waals surface area contributed by atoms with Gasteiger partial charge in [0.15, 0.2) is 0 Å². The number of rotatable bonds is 3. The van der Waals surface area contributed by atoms with Crippen molar-refractivity contribution in [3.63, 3.8) is 0 Å². The van der Waals surface area contributed by atoms with Crippen molar-refractivity contribution in [2.24, 2.45) is 0 Å². The molecule has 1 atom stereocenters. The molecule has 0 bridgehead atoms. The molecule has 0 amide bonds. The quantitative estimate of drug-likeness (QED) is 0.901. The summed E-state index contributed by atoms with van der Waals surface area (Å²) in [7, 11) is 0. The van der Waals surface area contributed by atoms with Crippen molar-refractivity contribution in [3.8, 4) is 0 Å². The van der Waals surface area contributed by atoms with Crippen molar-refractivity contribution in [3.05, 3.63) is 34.9 Å². The first-order valence-corrected chi connectivity index (χ1v) is 7.58. The van der Waals surface area contributed by atoms with E-state index in [9.17, 15) is 5.11 Å². The van der Waals surface area contributed by atoms with Gasteiger partial charge in [0.05, 0.1) is 5.60 Å². The zero-order valence-corrected chi connectivity index (χ0v) is 12.6. The molecule has 106 valence electrons. The number of aryl methyl sites for hydroxylation is 1. The third-order valence-corrected chi connectivity index (χ3v) is 4.55. The summed E-state index contributed by atoms with van der Waals surface area (Å²) in [5.41, 5.74) is 3.05. The minimum Gasteiger partial charge on any atom is -0.385 e. The summed E-state index contributed by atoms with van der Waals surface area (Å²) in [6.45, 7) is 9.78. The van der Waals surface area contributed by atoms with Gasteiger partial charge in [-0.2, -0.15) is 0 Å². The van der Waals surface area contributed by atoms with E-state index in [4.69, 9.17) is 0 Å². The van der Waals surface area contributed by atoms with Crippen LogP contribution < -0.4 is 0 Å². The maximum atomic E-state index is 11.1. The van der Waals surface area contributed by atoms with Crippen molar-refractivity contribution in [2.45, 2.75) is 52.1 Å². The number of hydrogen-bond donors (Lipinski definition) is 1. The minimum absolute atomic E-state index is 0.626. The number of aliphatic hydroxyl groups is 1. The van der Waals surface area contributed by atoms with Crippen molar-refractivity contribution in [1.29, 1.82) is 0 Å². The largest absolute Gasteiger partial charge is 0.385 e. The smallest absolute Gasteiger partial charge is 0.0911 e. The first-order valence-electron chi connectivity index (χ1n) is 7.58. The Balaban J connectivity index is 2.20. The Morgan fingerprint density at radius 1 is 1.21 bits per heavy atom. The molecule has 0 aromatic heterocycles. The Morgan fingerprint density at radius 3 is 2.74 bits per heavy atom. The van der Waals surface area contributed by atoms with E-state index < -0.39 is 5.60 Å². The van der Waals surface area contributed by atoms with Gasteiger partial charge >= 0.3 is 0 Å². The van der Waals surface area contributed by atoms with Crippen LogP contribution in [-0.2, 0) is 5.60 Å².